The number of rotatable bonds is 9. The van der Waals surface area contributed by atoms with Crippen molar-refractivity contribution in [3.63, 3.8) is 0 Å². The zero-order chi connectivity index (χ0) is 20.6. The molecule has 1 fully saturated rings. The Morgan fingerprint density at radius 1 is 1.14 bits per heavy atom. The normalized spacial score (nSPS) is 15.0. The highest BCUT2D eigenvalue weighted by molar-refractivity contribution is 8.18. The predicted octanol–water partition coefficient (Wildman–Crippen LogP) is 2.79. The third-order valence-corrected chi connectivity index (χ3v) is 5.17. The van der Waals surface area contributed by atoms with Crippen LogP contribution in [0.5, 0.6) is 5.75 Å². The van der Waals surface area contributed by atoms with Crippen molar-refractivity contribution in [2.24, 2.45) is 5.73 Å². The summed E-state index contributed by atoms with van der Waals surface area (Å²) in [5, 5.41) is 6.54. The lowest BCUT2D eigenvalue weighted by Crippen LogP contribution is -2.26. The third-order valence-electron chi connectivity index (χ3n) is 4.36. The topological polar surface area (TPSA) is 111 Å². The van der Waals surface area contributed by atoms with Gasteiger partial charge < -0.3 is 15.8 Å². The molecule has 2 aromatic carbocycles. The van der Waals surface area contributed by atoms with E-state index in [0.717, 1.165) is 34.5 Å². The molecular weight excluding hydrogens is 390 g/mol. The smallest absolute Gasteiger partial charge is 0.290 e. The molecule has 0 saturated carbocycles. The maximum atomic E-state index is 11.8. The molecule has 8 heteroatoms. The van der Waals surface area contributed by atoms with Crippen LogP contribution in [0, 0.1) is 0 Å². The first kappa shape index (κ1) is 20.9. The molecule has 4 N–H and O–H groups in total. The van der Waals surface area contributed by atoms with E-state index in [1.165, 1.54) is 0 Å². The second kappa shape index (κ2) is 10.1. The van der Waals surface area contributed by atoms with Gasteiger partial charge in [0.15, 0.2) is 0 Å². The molecule has 152 valence electrons. The Morgan fingerprint density at radius 2 is 1.93 bits per heavy atom. The Bertz CT molecular complexity index is 958. The van der Waals surface area contributed by atoms with Crippen molar-refractivity contribution in [2.45, 2.75) is 19.3 Å². The molecule has 29 heavy (non-hydrogen) atoms. The van der Waals surface area contributed by atoms with Gasteiger partial charge in [0.1, 0.15) is 5.75 Å². The number of ether oxygens (including phenoxy) is 1. The van der Waals surface area contributed by atoms with Crippen molar-refractivity contribution in [3.8, 4) is 5.75 Å². The van der Waals surface area contributed by atoms with Gasteiger partial charge in [-0.2, -0.15) is 0 Å². The molecule has 3 amide bonds. The first-order valence-corrected chi connectivity index (χ1v) is 10.3. The van der Waals surface area contributed by atoms with Crippen LogP contribution in [-0.4, -0.2) is 36.7 Å². The summed E-state index contributed by atoms with van der Waals surface area (Å²) in [4.78, 5) is 35.3. The Hall–Kier alpha value is -2.84. The fraction of sp³-hybridized carbons (Fsp3) is 0.286. The second-order valence-electron chi connectivity index (χ2n) is 6.49. The number of carbonyl (C=O) groups excluding carboxylic acids is 3. The largest absolute Gasteiger partial charge is 0.493 e. The summed E-state index contributed by atoms with van der Waals surface area (Å²) in [5.74, 6) is 0.329. The molecule has 1 heterocycles. The van der Waals surface area contributed by atoms with E-state index in [-0.39, 0.29) is 17.1 Å². The highest BCUT2D eigenvalue weighted by Crippen LogP contribution is 2.32. The van der Waals surface area contributed by atoms with Crippen LogP contribution in [0.15, 0.2) is 41.3 Å². The summed E-state index contributed by atoms with van der Waals surface area (Å²) in [5.41, 5.74) is 6.24. The van der Waals surface area contributed by atoms with Gasteiger partial charge in [0.05, 0.1) is 11.5 Å². The van der Waals surface area contributed by atoms with E-state index in [1.54, 1.807) is 6.08 Å². The van der Waals surface area contributed by atoms with Gasteiger partial charge in [-0.1, -0.05) is 30.3 Å². The first-order valence-electron chi connectivity index (χ1n) is 9.44. The Kier molecular flexibility index (Phi) is 7.26. The fourth-order valence-electron chi connectivity index (χ4n) is 2.94. The maximum Gasteiger partial charge on any atom is 0.290 e. The van der Waals surface area contributed by atoms with Gasteiger partial charge >= 0.3 is 0 Å². The van der Waals surface area contributed by atoms with E-state index < -0.39 is 0 Å². The average molecular weight is 413 g/mol. The van der Waals surface area contributed by atoms with Crippen molar-refractivity contribution < 1.29 is 19.1 Å². The van der Waals surface area contributed by atoms with Crippen LogP contribution in [0.4, 0.5) is 4.79 Å². The van der Waals surface area contributed by atoms with Crippen molar-refractivity contribution in [3.05, 3.63) is 46.9 Å². The monoisotopic (exact) mass is 413 g/mol. The molecule has 1 aliphatic rings. The summed E-state index contributed by atoms with van der Waals surface area (Å²) >= 11 is 0.893. The van der Waals surface area contributed by atoms with E-state index in [0.29, 0.717) is 43.2 Å². The quantitative estimate of drug-likeness (QED) is 0.431. The van der Waals surface area contributed by atoms with E-state index in [1.807, 2.05) is 36.4 Å². The summed E-state index contributed by atoms with van der Waals surface area (Å²) in [7, 11) is 0. The first-order chi connectivity index (χ1) is 14.1. The highest BCUT2D eigenvalue weighted by atomic mass is 32.2. The number of benzene rings is 2. The molecule has 1 aliphatic heterocycles. The van der Waals surface area contributed by atoms with Crippen LogP contribution in [-0.2, 0) is 9.59 Å². The number of fused-ring (bicyclic) bond motifs is 1. The third kappa shape index (κ3) is 5.58. The van der Waals surface area contributed by atoms with Crippen molar-refractivity contribution >= 4 is 45.7 Å². The van der Waals surface area contributed by atoms with E-state index in [2.05, 4.69) is 10.6 Å². The minimum atomic E-state index is -0.380. The summed E-state index contributed by atoms with van der Waals surface area (Å²) < 4.78 is 5.90. The number of nitrogens with one attached hydrogen (secondary N) is 2. The molecule has 1 saturated heterocycles. The zero-order valence-electron chi connectivity index (χ0n) is 15.9. The van der Waals surface area contributed by atoms with Crippen LogP contribution in [0.1, 0.15) is 24.8 Å². The number of hydrogen-bond acceptors (Lipinski definition) is 6. The lowest BCUT2D eigenvalue weighted by atomic mass is 10.0. The van der Waals surface area contributed by atoms with Gasteiger partial charge in [-0.3, -0.25) is 19.7 Å². The molecule has 0 aromatic heterocycles. The Morgan fingerprint density at radius 3 is 2.66 bits per heavy atom. The number of carbonyl (C=O) groups is 3. The van der Waals surface area contributed by atoms with E-state index >= 15 is 0 Å². The lowest BCUT2D eigenvalue weighted by molar-refractivity contribution is -0.121. The van der Waals surface area contributed by atoms with Crippen molar-refractivity contribution in [1.82, 2.24) is 10.6 Å². The van der Waals surface area contributed by atoms with Crippen LogP contribution >= 0.6 is 11.8 Å². The van der Waals surface area contributed by atoms with E-state index in [4.69, 9.17) is 10.5 Å². The summed E-state index contributed by atoms with van der Waals surface area (Å²) in [6, 6.07) is 11.4. The predicted molar refractivity (Wildman–Crippen MR) is 114 cm³/mol. The molecule has 0 atom stereocenters. The molecule has 0 spiro atoms. The molecule has 0 radical (unpaired) electrons. The molecule has 0 unspecified atom stereocenters. The highest BCUT2D eigenvalue weighted by Gasteiger charge is 2.25. The number of imide groups is 1. The van der Waals surface area contributed by atoms with Gasteiger partial charge in [0, 0.05) is 18.4 Å². The standard InChI is InChI=1S/C21H23N3O4S/c22-10-4-11-23-19(25)7-3-12-28-17-9-8-14(15-5-1-2-6-16(15)17)13-18-20(26)24-21(27)29-18/h1-2,5-6,8-9,13H,3-4,7,10-12,22H2,(H,23,25)(H,24,26,27). The van der Waals surface area contributed by atoms with Gasteiger partial charge in [0.25, 0.3) is 11.1 Å². The van der Waals surface area contributed by atoms with Gasteiger partial charge in [0.2, 0.25) is 5.91 Å². The second-order valence-corrected chi connectivity index (χ2v) is 7.51. The van der Waals surface area contributed by atoms with Crippen LogP contribution in [0.3, 0.4) is 0 Å². The number of hydrogen-bond donors (Lipinski definition) is 3. The molecule has 3 rings (SSSR count). The summed E-state index contributed by atoms with van der Waals surface area (Å²) in [6.07, 6.45) is 3.48. The number of thioether (sulfide) groups is 1. The zero-order valence-corrected chi connectivity index (χ0v) is 16.7. The molecule has 0 aliphatic carbocycles. The summed E-state index contributed by atoms with van der Waals surface area (Å²) in [6.45, 7) is 1.57. The molecule has 7 nitrogen and oxygen atoms in total. The van der Waals surface area contributed by atoms with Crippen molar-refractivity contribution in [1.29, 1.82) is 0 Å². The Labute approximate surface area is 173 Å². The average Bonchev–Trinajstić information content (AvgIpc) is 3.03. The van der Waals surface area contributed by atoms with Crippen LogP contribution in [0.2, 0.25) is 0 Å². The van der Waals surface area contributed by atoms with Gasteiger partial charge in [-0.05, 0) is 54.2 Å². The number of amides is 3. The number of nitrogens with two attached hydrogens (primary N) is 1. The fourth-order valence-corrected chi connectivity index (χ4v) is 3.61. The maximum absolute atomic E-state index is 11.8. The van der Waals surface area contributed by atoms with Gasteiger partial charge in [-0.25, -0.2) is 0 Å². The Balaban J connectivity index is 1.66. The molecular formula is C21H23N3O4S. The van der Waals surface area contributed by atoms with Crippen LogP contribution in [0.25, 0.3) is 16.8 Å². The molecule has 0 bridgehead atoms. The lowest BCUT2D eigenvalue weighted by Gasteiger charge is -2.11. The minimum Gasteiger partial charge on any atom is -0.493 e. The molecule has 2 aromatic rings. The van der Waals surface area contributed by atoms with Crippen LogP contribution < -0.4 is 21.1 Å². The van der Waals surface area contributed by atoms with E-state index in [9.17, 15) is 14.4 Å². The SMILES string of the molecule is NCCCNC(=O)CCCOc1ccc(C=C2SC(=O)NC2=O)c2ccccc12. The minimum absolute atomic E-state index is 0.00392. The van der Waals surface area contributed by atoms with Gasteiger partial charge in [-0.15, -0.1) is 0 Å². The van der Waals surface area contributed by atoms with Crippen molar-refractivity contribution in [2.75, 3.05) is 19.7 Å².